The van der Waals surface area contributed by atoms with E-state index in [0.29, 0.717) is 10.9 Å². The maximum atomic E-state index is 12.4. The normalized spacial score (nSPS) is 11.4. The third kappa shape index (κ3) is 3.21. The van der Waals surface area contributed by atoms with Gasteiger partial charge in [-0.05, 0) is 33.8 Å². The summed E-state index contributed by atoms with van der Waals surface area (Å²) in [5.74, 6) is -1.16. The molecule has 112 valence electrons. The van der Waals surface area contributed by atoms with Crippen molar-refractivity contribution in [3.63, 3.8) is 0 Å². The largest absolute Gasteiger partial charge is 0.461 e. The number of hydrogen-bond donors (Lipinski definition) is 1. The highest BCUT2D eigenvalue weighted by molar-refractivity contribution is 6.12. The summed E-state index contributed by atoms with van der Waals surface area (Å²) in [6.45, 7) is 7.23. The van der Waals surface area contributed by atoms with E-state index >= 15 is 0 Å². The molecule has 0 aliphatic carbocycles. The summed E-state index contributed by atoms with van der Waals surface area (Å²) < 4.78 is 10.4. The van der Waals surface area contributed by atoms with Crippen LogP contribution in [0.4, 0.5) is 0 Å². The van der Waals surface area contributed by atoms with E-state index in [-0.39, 0.29) is 17.9 Å². The van der Waals surface area contributed by atoms with Crippen LogP contribution in [-0.4, -0.2) is 34.1 Å². The van der Waals surface area contributed by atoms with Crippen molar-refractivity contribution in [1.29, 1.82) is 0 Å². The number of carbonyl (C=O) groups is 2. The summed E-state index contributed by atoms with van der Waals surface area (Å²) in [4.78, 5) is 31.3. The average molecular weight is 290 g/mol. The maximum Gasteiger partial charge on any atom is 0.355 e. The highest BCUT2D eigenvalue weighted by Gasteiger charge is 2.28. The van der Waals surface area contributed by atoms with Crippen molar-refractivity contribution >= 4 is 22.8 Å². The third-order valence-corrected chi connectivity index (χ3v) is 2.68. The molecule has 0 bridgehead atoms. The van der Waals surface area contributed by atoms with Crippen LogP contribution in [0, 0.1) is 0 Å². The van der Waals surface area contributed by atoms with Crippen LogP contribution in [0.15, 0.2) is 18.5 Å². The van der Waals surface area contributed by atoms with Gasteiger partial charge in [0.1, 0.15) is 16.9 Å². The SMILES string of the molecule is CCOC(=O)c1[nH]c2cnccc2c1C(=O)OC(C)(C)C. The number of ether oxygens (including phenoxy) is 2. The van der Waals surface area contributed by atoms with Crippen molar-refractivity contribution in [2.24, 2.45) is 0 Å². The molecule has 2 heterocycles. The third-order valence-electron chi connectivity index (χ3n) is 2.68. The number of hydrogen-bond acceptors (Lipinski definition) is 5. The molecule has 0 spiro atoms. The Hall–Kier alpha value is -2.37. The molecule has 0 saturated heterocycles. The van der Waals surface area contributed by atoms with Crippen molar-refractivity contribution in [3.8, 4) is 0 Å². The van der Waals surface area contributed by atoms with Crippen LogP contribution in [0.2, 0.25) is 0 Å². The molecule has 0 amide bonds. The molecule has 2 aromatic heterocycles. The van der Waals surface area contributed by atoms with Gasteiger partial charge >= 0.3 is 11.9 Å². The number of nitrogens with one attached hydrogen (secondary N) is 1. The topological polar surface area (TPSA) is 81.3 Å². The van der Waals surface area contributed by atoms with Crippen molar-refractivity contribution in [2.45, 2.75) is 33.3 Å². The summed E-state index contributed by atoms with van der Waals surface area (Å²) in [6.07, 6.45) is 3.10. The van der Waals surface area contributed by atoms with E-state index < -0.39 is 17.5 Å². The zero-order chi connectivity index (χ0) is 15.6. The maximum absolute atomic E-state index is 12.4. The molecular weight excluding hydrogens is 272 g/mol. The van der Waals surface area contributed by atoms with Crippen molar-refractivity contribution < 1.29 is 19.1 Å². The monoisotopic (exact) mass is 290 g/mol. The molecule has 0 atom stereocenters. The number of pyridine rings is 1. The second kappa shape index (κ2) is 5.55. The van der Waals surface area contributed by atoms with E-state index in [2.05, 4.69) is 9.97 Å². The predicted molar refractivity (Wildman–Crippen MR) is 77.2 cm³/mol. The van der Waals surface area contributed by atoms with Crippen molar-refractivity contribution in [3.05, 3.63) is 29.7 Å². The lowest BCUT2D eigenvalue weighted by molar-refractivity contribution is 0.00666. The Morgan fingerprint density at radius 1 is 1.29 bits per heavy atom. The van der Waals surface area contributed by atoms with Gasteiger partial charge < -0.3 is 14.5 Å². The van der Waals surface area contributed by atoms with E-state index in [9.17, 15) is 9.59 Å². The first-order valence-electron chi connectivity index (χ1n) is 6.69. The molecule has 0 unspecified atom stereocenters. The summed E-state index contributed by atoms with van der Waals surface area (Å²) in [6, 6.07) is 1.66. The van der Waals surface area contributed by atoms with Crippen LogP contribution in [-0.2, 0) is 9.47 Å². The Kier molecular flexibility index (Phi) is 3.97. The summed E-state index contributed by atoms with van der Waals surface area (Å²) in [5.41, 5.74) is 0.205. The second-order valence-corrected chi connectivity index (χ2v) is 5.52. The van der Waals surface area contributed by atoms with Gasteiger partial charge in [0.25, 0.3) is 0 Å². The summed E-state index contributed by atoms with van der Waals surface area (Å²) in [5, 5.41) is 0.585. The molecule has 0 aliphatic heterocycles. The van der Waals surface area contributed by atoms with Crippen molar-refractivity contribution in [1.82, 2.24) is 9.97 Å². The molecule has 2 rings (SSSR count). The van der Waals surface area contributed by atoms with Gasteiger partial charge in [0, 0.05) is 11.6 Å². The Labute approximate surface area is 122 Å². The lowest BCUT2D eigenvalue weighted by atomic mass is 10.1. The number of esters is 2. The Bertz CT molecular complexity index is 683. The lowest BCUT2D eigenvalue weighted by Crippen LogP contribution is -2.25. The smallest absolute Gasteiger partial charge is 0.355 e. The second-order valence-electron chi connectivity index (χ2n) is 5.52. The molecule has 6 heteroatoms. The Balaban J connectivity index is 2.55. The summed E-state index contributed by atoms with van der Waals surface area (Å²) in [7, 11) is 0. The van der Waals surface area contributed by atoms with Gasteiger partial charge in [-0.2, -0.15) is 0 Å². The first-order chi connectivity index (χ1) is 9.83. The number of nitrogens with zero attached hydrogens (tertiary/aromatic N) is 1. The number of fused-ring (bicyclic) bond motifs is 1. The zero-order valence-electron chi connectivity index (χ0n) is 12.5. The minimum absolute atomic E-state index is 0.0918. The zero-order valence-corrected chi connectivity index (χ0v) is 12.5. The van der Waals surface area contributed by atoms with Gasteiger partial charge in [0.2, 0.25) is 0 Å². The van der Waals surface area contributed by atoms with E-state index in [1.807, 2.05) is 0 Å². The molecule has 0 saturated carbocycles. The van der Waals surface area contributed by atoms with Gasteiger partial charge in [-0.25, -0.2) is 9.59 Å². The molecule has 0 fully saturated rings. The Morgan fingerprint density at radius 2 is 2.00 bits per heavy atom. The number of carbonyl (C=O) groups excluding carboxylic acids is 2. The van der Waals surface area contributed by atoms with Crippen LogP contribution >= 0.6 is 0 Å². The quantitative estimate of drug-likeness (QED) is 0.879. The predicted octanol–water partition coefficient (Wildman–Crippen LogP) is 2.69. The minimum Gasteiger partial charge on any atom is -0.461 e. The fourth-order valence-electron chi connectivity index (χ4n) is 1.94. The number of aromatic nitrogens is 2. The van der Waals surface area contributed by atoms with Gasteiger partial charge in [0.15, 0.2) is 0 Å². The van der Waals surface area contributed by atoms with Gasteiger partial charge in [-0.1, -0.05) is 0 Å². The van der Waals surface area contributed by atoms with E-state index in [4.69, 9.17) is 9.47 Å². The first kappa shape index (κ1) is 15.0. The molecule has 6 nitrogen and oxygen atoms in total. The van der Waals surface area contributed by atoms with Crippen LogP contribution in [0.5, 0.6) is 0 Å². The number of rotatable bonds is 3. The molecular formula is C15H18N2O4. The number of H-pyrrole nitrogens is 1. The first-order valence-corrected chi connectivity index (χ1v) is 6.69. The fourth-order valence-corrected chi connectivity index (χ4v) is 1.94. The highest BCUT2D eigenvalue weighted by Crippen LogP contribution is 2.25. The van der Waals surface area contributed by atoms with Crippen molar-refractivity contribution in [2.75, 3.05) is 6.61 Å². The molecule has 1 N–H and O–H groups in total. The number of aromatic amines is 1. The van der Waals surface area contributed by atoms with E-state index in [1.165, 1.54) is 0 Å². The highest BCUT2D eigenvalue weighted by atomic mass is 16.6. The van der Waals surface area contributed by atoms with Gasteiger partial charge in [0.05, 0.1) is 18.3 Å². The lowest BCUT2D eigenvalue weighted by Gasteiger charge is -2.19. The molecule has 0 radical (unpaired) electrons. The van der Waals surface area contributed by atoms with Crippen LogP contribution < -0.4 is 0 Å². The molecule has 0 aliphatic rings. The molecule has 0 aromatic carbocycles. The van der Waals surface area contributed by atoms with Gasteiger partial charge in [-0.15, -0.1) is 0 Å². The summed E-state index contributed by atoms with van der Waals surface area (Å²) >= 11 is 0. The minimum atomic E-state index is -0.653. The molecule has 21 heavy (non-hydrogen) atoms. The standard InChI is InChI=1S/C15H18N2O4/c1-5-20-14(19)12-11(13(18)21-15(2,3)4)9-6-7-16-8-10(9)17-12/h6-8,17H,5H2,1-4H3. The average Bonchev–Trinajstić information content (AvgIpc) is 2.76. The Morgan fingerprint density at radius 3 is 2.62 bits per heavy atom. The molecule has 2 aromatic rings. The van der Waals surface area contributed by atoms with Crippen LogP contribution in [0.25, 0.3) is 10.9 Å². The van der Waals surface area contributed by atoms with E-state index in [0.717, 1.165) is 0 Å². The van der Waals surface area contributed by atoms with Crippen LogP contribution in [0.3, 0.4) is 0 Å². The fraction of sp³-hybridized carbons (Fsp3) is 0.400. The van der Waals surface area contributed by atoms with Crippen LogP contribution in [0.1, 0.15) is 48.5 Å². The van der Waals surface area contributed by atoms with Gasteiger partial charge in [-0.3, -0.25) is 4.98 Å². The van der Waals surface area contributed by atoms with E-state index in [1.54, 1.807) is 46.2 Å².